The Kier molecular flexibility index (Phi) is 3.20. The van der Waals surface area contributed by atoms with Crippen LogP contribution in [-0.4, -0.2) is 11.2 Å². The quantitative estimate of drug-likeness (QED) is 0.766. The maximum Gasteiger partial charge on any atom is 0.0640 e. The van der Waals surface area contributed by atoms with Crippen LogP contribution in [0.3, 0.4) is 0 Å². The number of hydrogen-bond acceptors (Lipinski definition) is 1. The van der Waals surface area contributed by atoms with Gasteiger partial charge in [-0.25, -0.2) is 0 Å². The highest BCUT2D eigenvalue weighted by Crippen LogP contribution is 2.10. The van der Waals surface area contributed by atoms with E-state index >= 15 is 0 Å². The number of aromatic nitrogens is 1. The topological polar surface area (TPSA) is 28.1 Å². The molecule has 2 rings (SSSR count). The molecule has 2 aromatic rings. The highest BCUT2D eigenvalue weighted by atomic mass is 35.5. The van der Waals surface area contributed by atoms with Crippen LogP contribution in [0.5, 0.6) is 0 Å². The van der Waals surface area contributed by atoms with Crippen molar-refractivity contribution in [1.29, 1.82) is 0 Å². The van der Waals surface area contributed by atoms with E-state index in [4.69, 9.17) is 11.6 Å². The summed E-state index contributed by atoms with van der Waals surface area (Å²) in [5, 5.41) is 0.757. The van der Waals surface area contributed by atoms with Crippen LogP contribution in [0.15, 0.2) is 47.6 Å². The normalized spacial score (nSPS) is 11.0. The van der Waals surface area contributed by atoms with Crippen LogP contribution in [0.4, 0.5) is 0 Å². The molecule has 0 amide bonds. The van der Waals surface area contributed by atoms with Gasteiger partial charge >= 0.3 is 0 Å². The number of rotatable bonds is 3. The first-order valence-electron chi connectivity index (χ1n) is 4.72. The van der Waals surface area contributed by atoms with Crippen molar-refractivity contribution in [3.63, 3.8) is 0 Å². The molecule has 3 heteroatoms. The van der Waals surface area contributed by atoms with E-state index in [9.17, 15) is 0 Å². The maximum atomic E-state index is 5.78. The minimum atomic E-state index is 0.677. The van der Waals surface area contributed by atoms with E-state index in [-0.39, 0.29) is 0 Å². The molecule has 0 bridgehead atoms. The zero-order valence-electron chi connectivity index (χ0n) is 8.15. The minimum Gasteiger partial charge on any atom is -0.360 e. The molecule has 1 aromatic heterocycles. The predicted molar refractivity (Wildman–Crippen MR) is 63.5 cm³/mol. The number of H-pyrrole nitrogens is 1. The van der Waals surface area contributed by atoms with Gasteiger partial charge in [-0.1, -0.05) is 23.7 Å². The number of benzene rings is 1. The number of nitrogens with zero attached hydrogens (tertiary/aromatic N) is 1. The minimum absolute atomic E-state index is 0.677. The van der Waals surface area contributed by atoms with Gasteiger partial charge < -0.3 is 4.98 Å². The Hall–Kier alpha value is -1.54. The second-order valence-electron chi connectivity index (χ2n) is 3.22. The average Bonchev–Trinajstić information content (AvgIpc) is 2.74. The van der Waals surface area contributed by atoms with E-state index in [1.807, 2.05) is 48.8 Å². The summed E-state index contributed by atoms with van der Waals surface area (Å²) in [6, 6.07) is 11.6. The van der Waals surface area contributed by atoms with Gasteiger partial charge in [-0.15, -0.1) is 0 Å². The molecule has 0 fully saturated rings. The van der Waals surface area contributed by atoms with Gasteiger partial charge in [0.15, 0.2) is 0 Å². The van der Waals surface area contributed by atoms with Crippen molar-refractivity contribution in [1.82, 2.24) is 4.98 Å². The van der Waals surface area contributed by atoms with E-state index < -0.39 is 0 Å². The fraction of sp³-hybridized carbons (Fsp3) is 0.0833. The third-order valence-electron chi connectivity index (χ3n) is 2.04. The zero-order valence-corrected chi connectivity index (χ0v) is 8.91. The number of nitrogens with one attached hydrogen (secondary N) is 1. The fourth-order valence-electron chi connectivity index (χ4n) is 1.26. The smallest absolute Gasteiger partial charge is 0.0640 e. The number of halogens is 1. The largest absolute Gasteiger partial charge is 0.360 e. The van der Waals surface area contributed by atoms with E-state index in [1.165, 1.54) is 0 Å². The van der Waals surface area contributed by atoms with Crippen LogP contribution in [0.25, 0.3) is 0 Å². The number of hydrogen-bond donors (Lipinski definition) is 1. The Balaban J connectivity index is 1.96. The maximum absolute atomic E-state index is 5.78. The van der Waals surface area contributed by atoms with Crippen molar-refractivity contribution in [2.45, 2.75) is 6.54 Å². The molecule has 0 saturated heterocycles. The van der Waals surface area contributed by atoms with Gasteiger partial charge in [0.2, 0.25) is 0 Å². The summed E-state index contributed by atoms with van der Waals surface area (Å²) in [5.41, 5.74) is 2.17. The van der Waals surface area contributed by atoms with Crippen molar-refractivity contribution in [3.05, 3.63) is 58.9 Å². The molecule has 0 aliphatic rings. The van der Waals surface area contributed by atoms with Crippen LogP contribution >= 0.6 is 11.6 Å². The molecule has 1 heterocycles. The molecule has 0 aliphatic heterocycles. The van der Waals surface area contributed by atoms with Crippen LogP contribution in [-0.2, 0) is 6.54 Å². The van der Waals surface area contributed by atoms with Gasteiger partial charge in [-0.3, -0.25) is 4.99 Å². The first kappa shape index (κ1) is 9.99. The molecule has 0 aliphatic carbocycles. The van der Waals surface area contributed by atoms with E-state index in [0.29, 0.717) is 6.54 Å². The Labute approximate surface area is 93.6 Å². The summed E-state index contributed by atoms with van der Waals surface area (Å²) in [7, 11) is 0. The molecular formula is C12H11ClN2. The van der Waals surface area contributed by atoms with Crippen LogP contribution < -0.4 is 0 Å². The first-order valence-corrected chi connectivity index (χ1v) is 5.10. The lowest BCUT2D eigenvalue weighted by Gasteiger charge is -1.95. The second kappa shape index (κ2) is 4.80. The van der Waals surface area contributed by atoms with Crippen molar-refractivity contribution >= 4 is 17.8 Å². The van der Waals surface area contributed by atoms with Gasteiger partial charge in [0, 0.05) is 17.4 Å². The Morgan fingerprint density at radius 3 is 2.67 bits per heavy atom. The zero-order chi connectivity index (χ0) is 10.5. The summed E-state index contributed by atoms with van der Waals surface area (Å²) in [4.78, 5) is 7.38. The van der Waals surface area contributed by atoms with E-state index in [2.05, 4.69) is 9.98 Å². The van der Waals surface area contributed by atoms with Crippen LogP contribution in [0.1, 0.15) is 11.3 Å². The summed E-state index contributed by atoms with van der Waals surface area (Å²) in [6.07, 6.45) is 3.71. The highest BCUT2D eigenvalue weighted by molar-refractivity contribution is 6.30. The summed E-state index contributed by atoms with van der Waals surface area (Å²) < 4.78 is 0. The molecule has 0 atom stereocenters. The average molecular weight is 219 g/mol. The molecule has 0 spiro atoms. The second-order valence-corrected chi connectivity index (χ2v) is 3.66. The van der Waals surface area contributed by atoms with Gasteiger partial charge in [0.25, 0.3) is 0 Å². The van der Waals surface area contributed by atoms with E-state index in [1.54, 1.807) is 0 Å². The molecule has 0 unspecified atom stereocenters. The third kappa shape index (κ3) is 2.96. The molecule has 15 heavy (non-hydrogen) atoms. The Morgan fingerprint density at radius 2 is 2.00 bits per heavy atom. The highest BCUT2D eigenvalue weighted by Gasteiger charge is 1.90. The molecule has 1 N–H and O–H groups in total. The molecular weight excluding hydrogens is 208 g/mol. The molecule has 0 saturated carbocycles. The molecule has 1 aromatic carbocycles. The summed E-state index contributed by atoms with van der Waals surface area (Å²) >= 11 is 5.78. The Bertz CT molecular complexity index is 429. The predicted octanol–water partition coefficient (Wildman–Crippen LogP) is 3.29. The van der Waals surface area contributed by atoms with Gasteiger partial charge in [-0.2, -0.15) is 0 Å². The molecule has 76 valence electrons. The van der Waals surface area contributed by atoms with Gasteiger partial charge in [0.1, 0.15) is 0 Å². The van der Waals surface area contributed by atoms with Crippen molar-refractivity contribution in [3.8, 4) is 0 Å². The van der Waals surface area contributed by atoms with Crippen molar-refractivity contribution in [2.75, 3.05) is 0 Å². The van der Waals surface area contributed by atoms with Gasteiger partial charge in [0.05, 0.1) is 12.2 Å². The molecule has 0 radical (unpaired) electrons. The van der Waals surface area contributed by atoms with Crippen LogP contribution in [0, 0.1) is 0 Å². The van der Waals surface area contributed by atoms with Gasteiger partial charge in [-0.05, 0) is 29.8 Å². The molecule has 2 nitrogen and oxygen atoms in total. The third-order valence-corrected chi connectivity index (χ3v) is 2.29. The standard InChI is InChI=1S/C12H11ClN2/c13-11-5-3-10(4-6-11)8-14-9-12-2-1-7-15-12/h1-7,9,15H,8H2. The van der Waals surface area contributed by atoms with Crippen molar-refractivity contribution < 1.29 is 0 Å². The fourth-order valence-corrected chi connectivity index (χ4v) is 1.39. The SMILES string of the molecule is Clc1ccc(CN=Cc2ccc[nH]2)cc1. The number of aromatic amines is 1. The first-order chi connectivity index (χ1) is 7.34. The summed E-state index contributed by atoms with van der Waals surface area (Å²) in [5.74, 6) is 0. The van der Waals surface area contributed by atoms with E-state index in [0.717, 1.165) is 16.3 Å². The van der Waals surface area contributed by atoms with Crippen molar-refractivity contribution in [2.24, 2.45) is 4.99 Å². The monoisotopic (exact) mass is 218 g/mol. The lowest BCUT2D eigenvalue weighted by atomic mass is 10.2. The number of aliphatic imine (C=N–C) groups is 1. The lowest BCUT2D eigenvalue weighted by molar-refractivity contribution is 1.07. The summed E-state index contributed by atoms with van der Waals surface area (Å²) in [6.45, 7) is 0.677. The van der Waals surface area contributed by atoms with Crippen LogP contribution in [0.2, 0.25) is 5.02 Å². The lowest BCUT2D eigenvalue weighted by Crippen LogP contribution is -1.83. The Morgan fingerprint density at radius 1 is 1.20 bits per heavy atom.